The number of halogens is 2. The normalized spacial score (nSPS) is 10.2. The van der Waals surface area contributed by atoms with Gasteiger partial charge in [0.25, 0.3) is 5.91 Å². The first kappa shape index (κ1) is 14.6. The fraction of sp³-hybridized carbons (Fsp3) is 0.143. The summed E-state index contributed by atoms with van der Waals surface area (Å²) in [5, 5.41) is 3.11. The molecule has 6 heteroatoms. The third-order valence-corrected chi connectivity index (χ3v) is 3.18. The smallest absolute Gasteiger partial charge is 0.258 e. The second-order valence-corrected chi connectivity index (χ2v) is 5.12. The Morgan fingerprint density at radius 3 is 2.60 bits per heavy atom. The number of hydrogen-bond donors (Lipinski definition) is 1. The average Bonchev–Trinajstić information content (AvgIpc) is 2.38. The maximum Gasteiger partial charge on any atom is 0.258 e. The number of rotatable bonds is 3. The zero-order valence-corrected chi connectivity index (χ0v) is 12.5. The van der Waals surface area contributed by atoms with Crippen LogP contribution < -0.4 is 10.2 Å². The molecule has 104 valence electrons. The number of benzene rings is 1. The van der Waals surface area contributed by atoms with Crippen LogP contribution in [0.5, 0.6) is 0 Å². The van der Waals surface area contributed by atoms with E-state index in [-0.39, 0.29) is 21.8 Å². The molecule has 1 N–H and O–H groups in total. The highest BCUT2D eigenvalue weighted by atomic mass is 35.5. The zero-order chi connectivity index (χ0) is 14.7. The van der Waals surface area contributed by atoms with Crippen molar-refractivity contribution in [1.82, 2.24) is 4.98 Å². The van der Waals surface area contributed by atoms with Crippen LogP contribution in [-0.2, 0) is 0 Å². The summed E-state index contributed by atoms with van der Waals surface area (Å²) in [5.74, 6) is -0.324. The number of nitrogens with one attached hydrogen (secondary N) is 1. The molecule has 0 aliphatic carbocycles. The molecule has 0 spiro atoms. The zero-order valence-electron chi connectivity index (χ0n) is 11.0. The van der Waals surface area contributed by atoms with E-state index < -0.39 is 0 Å². The first-order chi connectivity index (χ1) is 9.47. The van der Waals surface area contributed by atoms with Crippen molar-refractivity contribution in [2.75, 3.05) is 24.3 Å². The van der Waals surface area contributed by atoms with Crippen molar-refractivity contribution in [1.29, 1.82) is 0 Å². The minimum atomic E-state index is -0.324. The summed E-state index contributed by atoms with van der Waals surface area (Å²) in [7, 11) is 3.86. The van der Waals surface area contributed by atoms with Gasteiger partial charge in [-0.1, -0.05) is 29.3 Å². The molecular formula is C14H13Cl2N3O. The fourth-order valence-electron chi connectivity index (χ4n) is 1.64. The molecule has 0 radical (unpaired) electrons. The molecule has 0 saturated carbocycles. The third-order valence-electron chi connectivity index (χ3n) is 2.68. The number of carbonyl (C=O) groups excluding carboxylic acids is 1. The van der Waals surface area contributed by atoms with Gasteiger partial charge in [0.05, 0.1) is 5.56 Å². The van der Waals surface area contributed by atoms with E-state index in [1.54, 1.807) is 6.07 Å². The molecule has 2 aromatic rings. The van der Waals surface area contributed by atoms with Crippen LogP contribution in [0.15, 0.2) is 36.4 Å². The van der Waals surface area contributed by atoms with Gasteiger partial charge in [-0.05, 0) is 30.3 Å². The van der Waals surface area contributed by atoms with E-state index in [9.17, 15) is 4.79 Å². The Labute approximate surface area is 127 Å². The monoisotopic (exact) mass is 309 g/mol. The second kappa shape index (κ2) is 6.11. The van der Waals surface area contributed by atoms with Crippen LogP contribution in [0.25, 0.3) is 0 Å². The predicted octanol–water partition coefficient (Wildman–Crippen LogP) is 3.71. The third kappa shape index (κ3) is 3.40. The predicted molar refractivity (Wildman–Crippen MR) is 83.0 cm³/mol. The van der Waals surface area contributed by atoms with E-state index in [1.807, 2.05) is 43.3 Å². The Balaban J connectivity index is 2.21. The van der Waals surface area contributed by atoms with Gasteiger partial charge in [0.15, 0.2) is 0 Å². The van der Waals surface area contributed by atoms with E-state index in [0.717, 1.165) is 5.69 Å². The fourth-order valence-corrected chi connectivity index (χ4v) is 2.07. The molecule has 1 aromatic heterocycles. The quantitative estimate of drug-likeness (QED) is 0.879. The maximum absolute atomic E-state index is 12.1. The summed E-state index contributed by atoms with van der Waals surface area (Å²) >= 11 is 11.6. The molecule has 1 heterocycles. The highest BCUT2D eigenvalue weighted by Crippen LogP contribution is 2.21. The molecule has 4 nitrogen and oxygen atoms in total. The van der Waals surface area contributed by atoms with Crippen molar-refractivity contribution >= 4 is 40.5 Å². The number of amides is 1. The minimum absolute atomic E-state index is 0.0822. The minimum Gasteiger partial charge on any atom is -0.378 e. The van der Waals surface area contributed by atoms with Crippen molar-refractivity contribution in [3.63, 3.8) is 0 Å². The van der Waals surface area contributed by atoms with Crippen molar-refractivity contribution in [2.45, 2.75) is 0 Å². The number of aromatic nitrogens is 1. The van der Waals surface area contributed by atoms with Gasteiger partial charge in [-0.25, -0.2) is 4.98 Å². The summed E-state index contributed by atoms with van der Waals surface area (Å²) in [6.07, 6.45) is 0. The molecule has 1 amide bonds. The topological polar surface area (TPSA) is 45.2 Å². The van der Waals surface area contributed by atoms with Crippen molar-refractivity contribution in [2.24, 2.45) is 0 Å². The largest absolute Gasteiger partial charge is 0.378 e. The molecule has 2 rings (SSSR count). The van der Waals surface area contributed by atoms with Crippen molar-refractivity contribution in [3.8, 4) is 0 Å². The number of anilines is 2. The number of nitrogens with zero attached hydrogens (tertiary/aromatic N) is 2. The van der Waals surface area contributed by atoms with Gasteiger partial charge >= 0.3 is 0 Å². The van der Waals surface area contributed by atoms with Gasteiger partial charge in [-0.15, -0.1) is 0 Å². The van der Waals surface area contributed by atoms with E-state index in [1.165, 1.54) is 6.07 Å². The number of hydrogen-bond acceptors (Lipinski definition) is 3. The molecule has 0 fully saturated rings. The van der Waals surface area contributed by atoms with E-state index in [2.05, 4.69) is 10.3 Å². The molecule has 20 heavy (non-hydrogen) atoms. The maximum atomic E-state index is 12.1. The molecule has 0 unspecified atom stereocenters. The van der Waals surface area contributed by atoms with Gasteiger partial charge < -0.3 is 10.2 Å². The van der Waals surface area contributed by atoms with Crippen LogP contribution in [0.1, 0.15) is 10.4 Å². The van der Waals surface area contributed by atoms with Crippen LogP contribution in [0.2, 0.25) is 10.3 Å². The van der Waals surface area contributed by atoms with Crippen molar-refractivity contribution < 1.29 is 4.79 Å². The Kier molecular flexibility index (Phi) is 4.47. The highest BCUT2D eigenvalue weighted by Gasteiger charge is 2.12. The van der Waals surface area contributed by atoms with Crippen LogP contribution in [0, 0.1) is 0 Å². The molecule has 0 aliphatic rings. The summed E-state index contributed by atoms with van der Waals surface area (Å²) in [4.78, 5) is 17.9. The first-order valence-corrected chi connectivity index (χ1v) is 6.64. The Morgan fingerprint density at radius 1 is 1.20 bits per heavy atom. The molecule has 0 bridgehead atoms. The molecule has 1 aromatic carbocycles. The second-order valence-electron chi connectivity index (χ2n) is 4.37. The lowest BCUT2D eigenvalue weighted by Crippen LogP contribution is -2.14. The van der Waals surface area contributed by atoms with Crippen LogP contribution in [0.4, 0.5) is 11.4 Å². The SMILES string of the molecule is CN(C)c1cccc(NC(=O)c2ccc(Cl)nc2Cl)c1. The molecule has 0 atom stereocenters. The van der Waals surface area contributed by atoms with Gasteiger partial charge in [0, 0.05) is 25.5 Å². The Hall–Kier alpha value is -1.78. The summed E-state index contributed by atoms with van der Waals surface area (Å²) in [6.45, 7) is 0. The Bertz CT molecular complexity index is 644. The summed E-state index contributed by atoms with van der Waals surface area (Å²) < 4.78 is 0. The number of pyridine rings is 1. The van der Waals surface area contributed by atoms with Crippen LogP contribution >= 0.6 is 23.2 Å². The molecule has 0 saturated heterocycles. The number of carbonyl (C=O) groups is 1. The standard InChI is InChI=1S/C14H13Cl2N3O/c1-19(2)10-5-3-4-9(8-10)17-14(20)11-6-7-12(15)18-13(11)16/h3-8H,1-2H3,(H,17,20). The lowest BCUT2D eigenvalue weighted by molar-refractivity contribution is 0.102. The van der Waals surface area contributed by atoms with Gasteiger partial charge in [0.2, 0.25) is 0 Å². The Morgan fingerprint density at radius 2 is 1.95 bits per heavy atom. The molecule has 0 aliphatic heterocycles. The lowest BCUT2D eigenvalue weighted by atomic mass is 10.2. The summed E-state index contributed by atoms with van der Waals surface area (Å²) in [6, 6.07) is 10.6. The van der Waals surface area contributed by atoms with Gasteiger partial charge in [-0.3, -0.25) is 4.79 Å². The molecular weight excluding hydrogens is 297 g/mol. The van der Waals surface area contributed by atoms with Crippen LogP contribution in [0.3, 0.4) is 0 Å². The lowest BCUT2D eigenvalue weighted by Gasteiger charge is -2.14. The van der Waals surface area contributed by atoms with Gasteiger partial charge in [-0.2, -0.15) is 0 Å². The first-order valence-electron chi connectivity index (χ1n) is 5.88. The van der Waals surface area contributed by atoms with E-state index >= 15 is 0 Å². The van der Waals surface area contributed by atoms with E-state index in [0.29, 0.717) is 5.69 Å². The van der Waals surface area contributed by atoms with Crippen molar-refractivity contribution in [3.05, 3.63) is 52.3 Å². The van der Waals surface area contributed by atoms with Gasteiger partial charge in [0.1, 0.15) is 10.3 Å². The van der Waals surface area contributed by atoms with E-state index in [4.69, 9.17) is 23.2 Å². The summed E-state index contributed by atoms with van der Waals surface area (Å²) in [5.41, 5.74) is 1.96. The van der Waals surface area contributed by atoms with Crippen LogP contribution in [-0.4, -0.2) is 25.0 Å². The highest BCUT2D eigenvalue weighted by molar-refractivity contribution is 6.35. The average molecular weight is 310 g/mol.